The lowest BCUT2D eigenvalue weighted by Crippen LogP contribution is -2.50. The van der Waals surface area contributed by atoms with Crippen LogP contribution in [0.5, 0.6) is 0 Å². The lowest BCUT2D eigenvalue weighted by Gasteiger charge is -2.34. The van der Waals surface area contributed by atoms with Crippen LogP contribution in [-0.4, -0.2) is 24.7 Å². The number of benzene rings is 2. The zero-order valence-electron chi connectivity index (χ0n) is 15.3. The van der Waals surface area contributed by atoms with Gasteiger partial charge in [-0.1, -0.05) is 30.3 Å². The standard InChI is InChI=1S/C21H17N3O3S2/c22-13-15-7-9-18(10-8-15)23-21(25)19-12-16-4-1-2-5-17(16)14-24(19)29(26,27)20-6-3-11-28-20/h1-11,19H,12,14H2,(H,23,25). The van der Waals surface area contributed by atoms with E-state index in [1.54, 1.807) is 41.8 Å². The molecular formula is C21H17N3O3S2. The molecule has 1 N–H and O–H groups in total. The number of fused-ring (bicyclic) bond motifs is 1. The van der Waals surface area contributed by atoms with E-state index in [0.29, 0.717) is 17.7 Å². The summed E-state index contributed by atoms with van der Waals surface area (Å²) in [5.74, 6) is -0.399. The van der Waals surface area contributed by atoms with Crippen molar-refractivity contribution in [2.24, 2.45) is 0 Å². The highest BCUT2D eigenvalue weighted by Gasteiger charge is 2.40. The van der Waals surface area contributed by atoms with E-state index in [4.69, 9.17) is 5.26 Å². The zero-order valence-corrected chi connectivity index (χ0v) is 16.9. The molecule has 0 spiro atoms. The van der Waals surface area contributed by atoms with E-state index in [2.05, 4.69) is 5.32 Å². The minimum atomic E-state index is -3.81. The smallest absolute Gasteiger partial charge is 0.253 e. The number of amides is 1. The Morgan fingerprint density at radius 3 is 2.45 bits per heavy atom. The molecule has 0 saturated carbocycles. The van der Waals surface area contributed by atoms with E-state index in [0.717, 1.165) is 22.5 Å². The van der Waals surface area contributed by atoms with E-state index in [-0.39, 0.29) is 10.8 Å². The Labute approximate surface area is 173 Å². The van der Waals surface area contributed by atoms with E-state index < -0.39 is 22.0 Å². The van der Waals surface area contributed by atoms with Gasteiger partial charge in [0.15, 0.2) is 0 Å². The highest BCUT2D eigenvalue weighted by atomic mass is 32.2. The van der Waals surface area contributed by atoms with Crippen LogP contribution in [0.2, 0.25) is 0 Å². The summed E-state index contributed by atoms with van der Waals surface area (Å²) in [5.41, 5.74) is 2.86. The van der Waals surface area contributed by atoms with Crippen LogP contribution < -0.4 is 5.32 Å². The predicted molar refractivity (Wildman–Crippen MR) is 111 cm³/mol. The first-order valence-corrected chi connectivity index (χ1v) is 11.2. The molecule has 0 radical (unpaired) electrons. The zero-order chi connectivity index (χ0) is 20.4. The van der Waals surface area contributed by atoms with Crippen molar-refractivity contribution in [3.05, 3.63) is 82.7 Å². The summed E-state index contributed by atoms with van der Waals surface area (Å²) >= 11 is 1.13. The molecule has 0 saturated heterocycles. The van der Waals surface area contributed by atoms with Gasteiger partial charge in [-0.05, 0) is 53.3 Å². The molecule has 1 atom stereocenters. The Bertz CT molecular complexity index is 1180. The van der Waals surface area contributed by atoms with Crippen molar-refractivity contribution in [3.63, 3.8) is 0 Å². The maximum Gasteiger partial charge on any atom is 0.253 e. The molecule has 2 aromatic carbocycles. The Morgan fingerprint density at radius 2 is 1.79 bits per heavy atom. The molecule has 0 fully saturated rings. The van der Waals surface area contributed by atoms with Gasteiger partial charge >= 0.3 is 0 Å². The molecule has 0 bridgehead atoms. The van der Waals surface area contributed by atoms with Crippen molar-refractivity contribution in [1.29, 1.82) is 5.26 Å². The average molecular weight is 424 g/mol. The van der Waals surface area contributed by atoms with Gasteiger partial charge < -0.3 is 5.32 Å². The highest BCUT2D eigenvalue weighted by Crippen LogP contribution is 2.31. The summed E-state index contributed by atoms with van der Waals surface area (Å²) in [4.78, 5) is 13.1. The van der Waals surface area contributed by atoms with Gasteiger partial charge in [-0.3, -0.25) is 4.79 Å². The van der Waals surface area contributed by atoms with Gasteiger partial charge in [0.25, 0.3) is 10.0 Å². The number of anilines is 1. The fourth-order valence-corrected chi connectivity index (χ4v) is 6.04. The molecular weight excluding hydrogens is 406 g/mol. The van der Waals surface area contributed by atoms with Crippen molar-refractivity contribution in [2.45, 2.75) is 23.2 Å². The van der Waals surface area contributed by atoms with Crippen molar-refractivity contribution in [2.75, 3.05) is 5.32 Å². The third-order valence-corrected chi connectivity index (χ3v) is 8.08. The van der Waals surface area contributed by atoms with Gasteiger partial charge in [0.05, 0.1) is 11.6 Å². The Morgan fingerprint density at radius 1 is 1.07 bits per heavy atom. The normalized spacial score (nSPS) is 16.6. The van der Waals surface area contributed by atoms with Gasteiger partial charge in [-0.2, -0.15) is 9.57 Å². The van der Waals surface area contributed by atoms with Crippen LogP contribution in [0.4, 0.5) is 5.69 Å². The number of thiophene rings is 1. The number of nitrogens with zero attached hydrogens (tertiary/aromatic N) is 2. The number of nitriles is 1. The van der Waals surface area contributed by atoms with Crippen LogP contribution in [0.3, 0.4) is 0 Å². The second-order valence-corrected chi connectivity index (χ2v) is 9.71. The van der Waals surface area contributed by atoms with Crippen LogP contribution in [0.25, 0.3) is 0 Å². The summed E-state index contributed by atoms with van der Waals surface area (Å²) < 4.78 is 28.0. The number of carbonyl (C=O) groups excluding carboxylic acids is 1. The second-order valence-electron chi connectivity index (χ2n) is 6.65. The SMILES string of the molecule is N#Cc1ccc(NC(=O)C2Cc3ccccc3CN2S(=O)(=O)c2cccs2)cc1. The molecule has 0 aliphatic carbocycles. The minimum Gasteiger partial charge on any atom is -0.325 e. The lowest BCUT2D eigenvalue weighted by molar-refractivity contribution is -0.120. The van der Waals surface area contributed by atoms with E-state index in [1.807, 2.05) is 30.3 Å². The van der Waals surface area contributed by atoms with E-state index in [9.17, 15) is 13.2 Å². The third-order valence-electron chi connectivity index (χ3n) is 4.85. The third kappa shape index (κ3) is 3.80. The molecule has 3 aromatic rings. The molecule has 1 unspecified atom stereocenters. The first kappa shape index (κ1) is 19.3. The number of hydrogen-bond donors (Lipinski definition) is 1. The number of hydrogen-bond acceptors (Lipinski definition) is 5. The van der Waals surface area contributed by atoms with Gasteiger partial charge in [-0.15, -0.1) is 11.3 Å². The summed E-state index contributed by atoms with van der Waals surface area (Å²) in [5, 5.41) is 13.4. The Hall–Kier alpha value is -2.99. The van der Waals surface area contributed by atoms with Crippen LogP contribution in [-0.2, 0) is 27.8 Å². The monoisotopic (exact) mass is 423 g/mol. The molecule has 8 heteroatoms. The Kier molecular flexibility index (Phi) is 5.20. The number of rotatable bonds is 4. The van der Waals surface area contributed by atoms with E-state index >= 15 is 0 Å². The predicted octanol–water partition coefficient (Wildman–Crippen LogP) is 3.37. The van der Waals surface area contributed by atoms with E-state index in [1.165, 1.54) is 4.31 Å². The largest absolute Gasteiger partial charge is 0.325 e. The number of sulfonamides is 1. The average Bonchev–Trinajstić information content (AvgIpc) is 3.29. The van der Waals surface area contributed by atoms with Crippen LogP contribution >= 0.6 is 11.3 Å². The molecule has 146 valence electrons. The fraction of sp³-hybridized carbons (Fsp3) is 0.143. The highest BCUT2D eigenvalue weighted by molar-refractivity contribution is 7.91. The topological polar surface area (TPSA) is 90.3 Å². The van der Waals surface area contributed by atoms with Crippen molar-refractivity contribution in [3.8, 4) is 6.07 Å². The molecule has 1 amide bonds. The van der Waals surface area contributed by atoms with Crippen LogP contribution in [0, 0.1) is 11.3 Å². The van der Waals surface area contributed by atoms with Gasteiger partial charge in [-0.25, -0.2) is 8.42 Å². The maximum absolute atomic E-state index is 13.2. The van der Waals surface area contributed by atoms with Crippen molar-refractivity contribution in [1.82, 2.24) is 4.31 Å². The first-order chi connectivity index (χ1) is 14.0. The minimum absolute atomic E-state index is 0.141. The quantitative estimate of drug-likeness (QED) is 0.697. The molecule has 29 heavy (non-hydrogen) atoms. The molecule has 1 aliphatic rings. The number of nitrogens with one attached hydrogen (secondary N) is 1. The first-order valence-electron chi connectivity index (χ1n) is 8.92. The van der Waals surface area contributed by atoms with Gasteiger partial charge in [0, 0.05) is 12.2 Å². The van der Waals surface area contributed by atoms with Crippen molar-refractivity contribution >= 4 is 33.0 Å². The van der Waals surface area contributed by atoms with Gasteiger partial charge in [0.2, 0.25) is 5.91 Å². The van der Waals surface area contributed by atoms with Gasteiger partial charge in [0.1, 0.15) is 10.3 Å². The molecule has 1 aliphatic heterocycles. The fourth-order valence-electron chi connectivity index (χ4n) is 3.35. The molecule has 1 aromatic heterocycles. The summed E-state index contributed by atoms with van der Waals surface area (Å²) in [6, 6.07) is 18.4. The maximum atomic E-state index is 13.2. The lowest BCUT2D eigenvalue weighted by atomic mass is 9.95. The summed E-state index contributed by atoms with van der Waals surface area (Å²) in [6.45, 7) is 0.141. The molecule has 6 nitrogen and oxygen atoms in total. The summed E-state index contributed by atoms with van der Waals surface area (Å²) in [7, 11) is -3.81. The Balaban J connectivity index is 1.68. The molecule has 2 heterocycles. The second kappa shape index (κ2) is 7.79. The number of carbonyl (C=O) groups is 1. The van der Waals surface area contributed by atoms with Crippen LogP contribution in [0.15, 0.2) is 70.3 Å². The summed E-state index contributed by atoms with van der Waals surface area (Å²) in [6.07, 6.45) is 0.295. The van der Waals surface area contributed by atoms with Crippen LogP contribution in [0.1, 0.15) is 16.7 Å². The molecule has 4 rings (SSSR count). The van der Waals surface area contributed by atoms with Crippen molar-refractivity contribution < 1.29 is 13.2 Å².